The third-order valence-electron chi connectivity index (χ3n) is 2.41. The second-order valence-electron chi connectivity index (χ2n) is 3.83. The van der Waals surface area contributed by atoms with Gasteiger partial charge in [-0.3, -0.25) is 4.79 Å². The van der Waals surface area contributed by atoms with E-state index in [1.165, 1.54) is 12.1 Å². The van der Waals surface area contributed by atoms with Crippen molar-refractivity contribution in [3.63, 3.8) is 0 Å². The van der Waals surface area contributed by atoms with Crippen molar-refractivity contribution < 1.29 is 18.0 Å². The predicted octanol–water partition coefficient (Wildman–Crippen LogP) is 4.88. The van der Waals surface area contributed by atoms with Crippen molar-refractivity contribution in [2.45, 2.75) is 0 Å². The molecule has 0 aliphatic rings. The number of rotatable bonds is 2. The molecule has 0 aromatic heterocycles. The quantitative estimate of drug-likeness (QED) is 0.753. The first-order valence-corrected chi connectivity index (χ1v) is 6.88. The zero-order valence-electron chi connectivity index (χ0n) is 9.68. The van der Waals surface area contributed by atoms with E-state index in [9.17, 15) is 18.0 Å². The van der Waals surface area contributed by atoms with E-state index in [0.717, 1.165) is 18.2 Å². The molecule has 2 aromatic carbocycles. The molecule has 0 aliphatic carbocycles. The summed E-state index contributed by atoms with van der Waals surface area (Å²) in [5.74, 6) is -3.60. The van der Waals surface area contributed by atoms with Crippen LogP contribution in [0.5, 0.6) is 0 Å². The monoisotopic (exact) mass is 407 g/mol. The summed E-state index contributed by atoms with van der Waals surface area (Å²) in [6, 6.07) is 5.76. The molecule has 0 radical (unpaired) electrons. The molecule has 104 valence electrons. The van der Waals surface area contributed by atoms with Gasteiger partial charge in [-0.05, 0) is 46.3 Å². The van der Waals surface area contributed by atoms with Crippen LogP contribution in [-0.4, -0.2) is 5.91 Å². The van der Waals surface area contributed by atoms with E-state index >= 15 is 0 Å². The molecule has 7 heteroatoms. The van der Waals surface area contributed by atoms with Crippen LogP contribution in [0, 0.1) is 17.5 Å². The Kier molecular flexibility index (Phi) is 4.49. The number of hydrogen-bond donors (Lipinski definition) is 1. The Morgan fingerprint density at radius 1 is 0.950 bits per heavy atom. The smallest absolute Gasteiger partial charge is 0.261 e. The normalized spacial score (nSPS) is 10.4. The fraction of sp³-hybridized carbons (Fsp3) is 0. The van der Waals surface area contributed by atoms with Crippen molar-refractivity contribution in [2.24, 2.45) is 0 Å². The van der Waals surface area contributed by atoms with Crippen LogP contribution in [0.25, 0.3) is 0 Å². The van der Waals surface area contributed by atoms with Crippen LogP contribution >= 0.6 is 31.9 Å². The van der Waals surface area contributed by atoms with Crippen molar-refractivity contribution >= 4 is 43.5 Å². The molecule has 0 saturated heterocycles. The first kappa shape index (κ1) is 15.1. The Labute approximate surface area is 129 Å². The van der Waals surface area contributed by atoms with Gasteiger partial charge in [0.1, 0.15) is 23.0 Å². The van der Waals surface area contributed by atoms with E-state index < -0.39 is 28.9 Å². The number of benzene rings is 2. The maximum atomic E-state index is 13.6. The van der Waals surface area contributed by atoms with Gasteiger partial charge in [-0.1, -0.05) is 15.9 Å². The lowest BCUT2D eigenvalue weighted by Crippen LogP contribution is -2.16. The minimum absolute atomic E-state index is 0.0948. The van der Waals surface area contributed by atoms with Gasteiger partial charge in [0, 0.05) is 10.2 Å². The van der Waals surface area contributed by atoms with Gasteiger partial charge in [0.05, 0.1) is 4.47 Å². The SMILES string of the molecule is O=C(Nc1ccc(Br)c(F)c1)c1c(F)cc(Br)cc1F. The highest BCUT2D eigenvalue weighted by atomic mass is 79.9. The van der Waals surface area contributed by atoms with E-state index in [1.807, 2.05) is 0 Å². The summed E-state index contributed by atoms with van der Waals surface area (Å²) >= 11 is 5.87. The molecular formula is C13H6Br2F3NO. The minimum atomic E-state index is -1.01. The van der Waals surface area contributed by atoms with E-state index in [0.29, 0.717) is 0 Å². The summed E-state index contributed by atoms with van der Waals surface area (Å²) in [7, 11) is 0. The number of anilines is 1. The van der Waals surface area contributed by atoms with E-state index in [-0.39, 0.29) is 14.6 Å². The van der Waals surface area contributed by atoms with Gasteiger partial charge in [0.2, 0.25) is 0 Å². The maximum absolute atomic E-state index is 13.6. The number of carbonyl (C=O) groups excluding carboxylic acids is 1. The lowest BCUT2D eigenvalue weighted by Gasteiger charge is -2.08. The molecule has 0 atom stereocenters. The molecule has 0 fully saturated rings. The highest BCUT2D eigenvalue weighted by Crippen LogP contribution is 2.22. The zero-order chi connectivity index (χ0) is 14.9. The second kappa shape index (κ2) is 5.97. The van der Waals surface area contributed by atoms with Crippen LogP contribution < -0.4 is 5.32 Å². The average molecular weight is 409 g/mol. The fourth-order valence-electron chi connectivity index (χ4n) is 1.53. The van der Waals surface area contributed by atoms with E-state index in [2.05, 4.69) is 37.2 Å². The number of nitrogens with one attached hydrogen (secondary N) is 1. The highest BCUT2D eigenvalue weighted by molar-refractivity contribution is 9.10. The third-order valence-corrected chi connectivity index (χ3v) is 3.51. The second-order valence-corrected chi connectivity index (χ2v) is 5.60. The molecule has 2 aromatic rings. The summed E-state index contributed by atoms with van der Waals surface area (Å²) in [4.78, 5) is 11.8. The standard InChI is InChI=1S/C13H6Br2F3NO/c14-6-3-10(17)12(11(18)4-6)13(20)19-7-1-2-8(15)9(16)5-7/h1-5H,(H,19,20). The third kappa shape index (κ3) is 3.21. The predicted molar refractivity (Wildman–Crippen MR) is 76.1 cm³/mol. The van der Waals surface area contributed by atoms with E-state index in [4.69, 9.17) is 0 Å². The molecule has 0 heterocycles. The molecule has 20 heavy (non-hydrogen) atoms. The molecule has 1 N–H and O–H groups in total. The first-order valence-electron chi connectivity index (χ1n) is 5.29. The Hall–Kier alpha value is -1.34. The molecule has 1 amide bonds. The molecule has 0 unspecified atom stereocenters. The first-order chi connectivity index (χ1) is 9.38. The molecular weight excluding hydrogens is 403 g/mol. The topological polar surface area (TPSA) is 29.1 Å². The van der Waals surface area contributed by atoms with Gasteiger partial charge in [0.15, 0.2) is 0 Å². The van der Waals surface area contributed by atoms with Gasteiger partial charge in [-0.2, -0.15) is 0 Å². The lowest BCUT2D eigenvalue weighted by molar-refractivity contribution is 0.101. The Morgan fingerprint density at radius 2 is 1.55 bits per heavy atom. The van der Waals surface area contributed by atoms with Gasteiger partial charge >= 0.3 is 0 Å². The van der Waals surface area contributed by atoms with Gasteiger partial charge < -0.3 is 5.32 Å². The van der Waals surface area contributed by atoms with Gasteiger partial charge in [0.25, 0.3) is 5.91 Å². The summed E-state index contributed by atoms with van der Waals surface area (Å²) < 4.78 is 40.9. The number of hydrogen-bond acceptors (Lipinski definition) is 1. The molecule has 0 spiro atoms. The van der Waals surface area contributed by atoms with Gasteiger partial charge in [-0.25, -0.2) is 13.2 Å². The summed E-state index contributed by atoms with van der Waals surface area (Å²) in [5, 5.41) is 2.23. The van der Waals surface area contributed by atoms with Crippen LogP contribution in [0.4, 0.5) is 18.9 Å². The molecule has 2 rings (SSSR count). The molecule has 0 aliphatic heterocycles. The van der Waals surface area contributed by atoms with Gasteiger partial charge in [-0.15, -0.1) is 0 Å². The lowest BCUT2D eigenvalue weighted by atomic mass is 10.1. The summed E-state index contributed by atoms with van der Waals surface area (Å²) in [5.41, 5.74) is -0.631. The summed E-state index contributed by atoms with van der Waals surface area (Å²) in [6.07, 6.45) is 0. The van der Waals surface area contributed by atoms with Crippen LogP contribution in [0.3, 0.4) is 0 Å². The van der Waals surface area contributed by atoms with Crippen molar-refractivity contribution in [1.82, 2.24) is 0 Å². The van der Waals surface area contributed by atoms with Crippen molar-refractivity contribution in [2.75, 3.05) is 5.32 Å². The highest BCUT2D eigenvalue weighted by Gasteiger charge is 2.18. The largest absolute Gasteiger partial charge is 0.322 e. The maximum Gasteiger partial charge on any atom is 0.261 e. The van der Waals surface area contributed by atoms with Crippen molar-refractivity contribution in [1.29, 1.82) is 0 Å². The number of amides is 1. The van der Waals surface area contributed by atoms with Crippen LogP contribution in [-0.2, 0) is 0 Å². The fourth-order valence-corrected chi connectivity index (χ4v) is 2.18. The van der Waals surface area contributed by atoms with Crippen LogP contribution in [0.2, 0.25) is 0 Å². The van der Waals surface area contributed by atoms with E-state index in [1.54, 1.807) is 0 Å². The molecule has 2 nitrogen and oxygen atoms in total. The van der Waals surface area contributed by atoms with Crippen molar-refractivity contribution in [3.8, 4) is 0 Å². The van der Waals surface area contributed by atoms with Crippen LogP contribution in [0.15, 0.2) is 39.3 Å². The number of halogens is 5. The van der Waals surface area contributed by atoms with Crippen LogP contribution in [0.1, 0.15) is 10.4 Å². The Bertz CT molecular complexity index is 668. The molecule has 0 saturated carbocycles. The number of carbonyl (C=O) groups is 1. The minimum Gasteiger partial charge on any atom is -0.322 e. The Balaban J connectivity index is 2.31. The zero-order valence-corrected chi connectivity index (χ0v) is 12.9. The molecule has 0 bridgehead atoms. The van der Waals surface area contributed by atoms with Crippen molar-refractivity contribution in [3.05, 3.63) is 62.3 Å². The average Bonchev–Trinajstić information content (AvgIpc) is 2.32. The Morgan fingerprint density at radius 3 is 2.10 bits per heavy atom. The summed E-state index contributed by atoms with van der Waals surface area (Å²) in [6.45, 7) is 0.